The van der Waals surface area contributed by atoms with Gasteiger partial charge in [-0.3, -0.25) is 10.1 Å². The smallest absolute Gasteiger partial charge is 0.332 e. The van der Waals surface area contributed by atoms with E-state index in [-0.39, 0.29) is 11.8 Å². The molecule has 2 unspecified atom stereocenters. The minimum atomic E-state index is -0.964. The summed E-state index contributed by atoms with van der Waals surface area (Å²) in [5, 5.41) is 22.8. The number of nitro benzene ring substituents is 1. The molecule has 0 amide bonds. The van der Waals surface area contributed by atoms with Crippen LogP contribution in [0.1, 0.15) is 18.4 Å². The summed E-state index contributed by atoms with van der Waals surface area (Å²) in [6, 6.07) is 4.85. The molecule has 2 rings (SSSR count). The second-order valence-corrected chi connectivity index (χ2v) is 4.77. The first-order valence-electron chi connectivity index (χ1n) is 6.35. The Kier molecular flexibility index (Phi) is 4.19. The lowest BCUT2D eigenvalue weighted by Gasteiger charge is -2.14. The number of carboxylic acids is 1. The lowest BCUT2D eigenvalue weighted by molar-refractivity contribution is -0.384. The quantitative estimate of drug-likeness (QED) is 0.631. The van der Waals surface area contributed by atoms with Gasteiger partial charge in [-0.2, -0.15) is 0 Å². The molecule has 2 N–H and O–H groups in total. The normalized spacial score (nSPS) is 21.6. The van der Waals surface area contributed by atoms with E-state index in [0.29, 0.717) is 25.1 Å². The van der Waals surface area contributed by atoms with Crippen LogP contribution in [0.2, 0.25) is 0 Å². The number of nitrogens with zero attached hydrogens (tertiary/aromatic N) is 1. The van der Waals surface area contributed by atoms with Crippen molar-refractivity contribution in [2.75, 3.05) is 11.9 Å². The van der Waals surface area contributed by atoms with Gasteiger partial charge in [-0.1, -0.05) is 12.1 Å². The number of ether oxygens (including phenoxy) is 1. The number of benzene rings is 1. The second kappa shape index (κ2) is 5.87. The van der Waals surface area contributed by atoms with Gasteiger partial charge in [0.2, 0.25) is 0 Å². The summed E-state index contributed by atoms with van der Waals surface area (Å²) in [7, 11) is 0. The van der Waals surface area contributed by atoms with Crippen LogP contribution in [0.25, 0.3) is 0 Å². The second-order valence-electron chi connectivity index (χ2n) is 4.77. The third-order valence-corrected chi connectivity index (χ3v) is 3.34. The highest BCUT2D eigenvalue weighted by Gasteiger charge is 2.30. The van der Waals surface area contributed by atoms with E-state index < -0.39 is 17.0 Å². The fraction of sp³-hybridized carbons (Fsp3) is 0.462. The van der Waals surface area contributed by atoms with Gasteiger partial charge in [0.1, 0.15) is 5.69 Å². The molecule has 108 valence electrons. The van der Waals surface area contributed by atoms with Gasteiger partial charge < -0.3 is 15.2 Å². The number of aryl methyl sites for hydroxylation is 1. The fourth-order valence-corrected chi connectivity index (χ4v) is 2.29. The predicted octanol–water partition coefficient (Wildman–Crippen LogP) is 1.95. The first kappa shape index (κ1) is 14.3. The molecule has 0 radical (unpaired) electrons. The summed E-state index contributed by atoms with van der Waals surface area (Å²) in [6.07, 6.45) is 0.0882. The number of para-hydroxylation sites is 1. The SMILES string of the molecule is Cc1cccc([N+](=O)[O-])c1NCC1CCC(C(=O)O)O1. The highest BCUT2D eigenvalue weighted by Crippen LogP contribution is 2.28. The number of rotatable bonds is 5. The summed E-state index contributed by atoms with van der Waals surface area (Å²) in [4.78, 5) is 21.3. The van der Waals surface area contributed by atoms with Crippen LogP contribution in [-0.4, -0.2) is 34.8 Å². The molecule has 1 heterocycles. The Bertz CT molecular complexity index is 531. The Hall–Kier alpha value is -2.15. The molecule has 2 atom stereocenters. The molecule has 1 aromatic rings. The minimum Gasteiger partial charge on any atom is -0.479 e. The van der Waals surface area contributed by atoms with E-state index >= 15 is 0 Å². The summed E-state index contributed by atoms with van der Waals surface area (Å²) < 4.78 is 5.35. The zero-order valence-corrected chi connectivity index (χ0v) is 11.0. The van der Waals surface area contributed by atoms with Gasteiger partial charge in [0.05, 0.1) is 11.0 Å². The van der Waals surface area contributed by atoms with Crippen LogP contribution in [0, 0.1) is 17.0 Å². The van der Waals surface area contributed by atoms with Gasteiger partial charge >= 0.3 is 5.97 Å². The number of hydrogen-bond acceptors (Lipinski definition) is 5. The highest BCUT2D eigenvalue weighted by molar-refractivity contribution is 5.72. The van der Waals surface area contributed by atoms with Crippen molar-refractivity contribution in [1.29, 1.82) is 0 Å². The third-order valence-electron chi connectivity index (χ3n) is 3.34. The van der Waals surface area contributed by atoms with E-state index in [4.69, 9.17) is 9.84 Å². The number of hydrogen-bond donors (Lipinski definition) is 2. The van der Waals surface area contributed by atoms with Gasteiger partial charge in [0.15, 0.2) is 6.10 Å². The zero-order chi connectivity index (χ0) is 14.7. The van der Waals surface area contributed by atoms with Crippen LogP contribution >= 0.6 is 0 Å². The standard InChI is InChI=1S/C13H16N2O5/c1-8-3-2-4-10(15(18)19)12(8)14-7-9-5-6-11(20-9)13(16)17/h2-4,9,11,14H,5-7H2,1H3,(H,16,17). The third kappa shape index (κ3) is 3.05. The summed E-state index contributed by atoms with van der Waals surface area (Å²) in [6.45, 7) is 2.14. The maximum atomic E-state index is 11.0. The van der Waals surface area contributed by atoms with Crippen molar-refractivity contribution >= 4 is 17.3 Å². The molecule has 1 aliphatic rings. The molecule has 1 fully saturated rings. The first-order valence-corrected chi connectivity index (χ1v) is 6.35. The number of carbonyl (C=O) groups is 1. The Morgan fingerprint density at radius 2 is 2.30 bits per heavy atom. The van der Waals surface area contributed by atoms with Crippen LogP contribution in [0.5, 0.6) is 0 Å². The van der Waals surface area contributed by atoms with Crippen molar-refractivity contribution in [3.8, 4) is 0 Å². The van der Waals surface area contributed by atoms with E-state index in [0.717, 1.165) is 5.56 Å². The molecular weight excluding hydrogens is 264 g/mol. The van der Waals surface area contributed by atoms with Gasteiger partial charge in [-0.15, -0.1) is 0 Å². The predicted molar refractivity (Wildman–Crippen MR) is 71.9 cm³/mol. The van der Waals surface area contributed by atoms with Crippen molar-refractivity contribution in [3.63, 3.8) is 0 Å². The van der Waals surface area contributed by atoms with Gasteiger partial charge in [-0.25, -0.2) is 4.79 Å². The lowest BCUT2D eigenvalue weighted by atomic mass is 10.1. The van der Waals surface area contributed by atoms with Crippen molar-refractivity contribution in [2.45, 2.75) is 32.0 Å². The first-order chi connectivity index (χ1) is 9.49. The number of aliphatic carboxylic acids is 1. The van der Waals surface area contributed by atoms with Gasteiger partial charge in [0, 0.05) is 12.6 Å². The maximum absolute atomic E-state index is 11.0. The van der Waals surface area contributed by atoms with Crippen molar-refractivity contribution in [3.05, 3.63) is 33.9 Å². The van der Waals surface area contributed by atoms with E-state index in [1.807, 2.05) is 0 Å². The van der Waals surface area contributed by atoms with Crippen LogP contribution in [0.3, 0.4) is 0 Å². The molecule has 0 aliphatic carbocycles. The average Bonchev–Trinajstić information content (AvgIpc) is 2.86. The van der Waals surface area contributed by atoms with Gasteiger partial charge in [-0.05, 0) is 25.3 Å². The Labute approximate surface area is 115 Å². The van der Waals surface area contributed by atoms with E-state index in [1.54, 1.807) is 19.1 Å². The molecule has 0 saturated carbocycles. The van der Waals surface area contributed by atoms with Crippen LogP contribution < -0.4 is 5.32 Å². The Morgan fingerprint density at radius 1 is 1.55 bits per heavy atom. The molecule has 7 nitrogen and oxygen atoms in total. The van der Waals surface area contributed by atoms with Crippen molar-refractivity contribution < 1.29 is 19.6 Å². The van der Waals surface area contributed by atoms with E-state index in [9.17, 15) is 14.9 Å². The van der Waals surface area contributed by atoms with E-state index in [1.165, 1.54) is 6.07 Å². The Balaban J connectivity index is 2.01. The Morgan fingerprint density at radius 3 is 2.90 bits per heavy atom. The van der Waals surface area contributed by atoms with Crippen molar-refractivity contribution in [1.82, 2.24) is 0 Å². The zero-order valence-electron chi connectivity index (χ0n) is 11.0. The molecule has 1 aromatic carbocycles. The van der Waals surface area contributed by atoms with Crippen LogP contribution in [-0.2, 0) is 9.53 Å². The average molecular weight is 280 g/mol. The van der Waals surface area contributed by atoms with Gasteiger partial charge in [0.25, 0.3) is 5.69 Å². The number of nitro groups is 1. The van der Waals surface area contributed by atoms with Crippen molar-refractivity contribution in [2.24, 2.45) is 0 Å². The van der Waals surface area contributed by atoms with Crippen LogP contribution in [0.4, 0.5) is 11.4 Å². The number of anilines is 1. The molecule has 20 heavy (non-hydrogen) atoms. The topological polar surface area (TPSA) is 102 Å². The molecule has 1 saturated heterocycles. The largest absolute Gasteiger partial charge is 0.479 e. The molecular formula is C13H16N2O5. The number of nitrogens with one attached hydrogen (secondary N) is 1. The monoisotopic (exact) mass is 280 g/mol. The summed E-state index contributed by atoms with van der Waals surface area (Å²) >= 11 is 0. The van der Waals surface area contributed by atoms with Crippen LogP contribution in [0.15, 0.2) is 18.2 Å². The van der Waals surface area contributed by atoms with E-state index in [2.05, 4.69) is 5.32 Å². The lowest BCUT2D eigenvalue weighted by Crippen LogP contribution is -2.24. The number of carboxylic acid groups (broad SMARTS) is 1. The maximum Gasteiger partial charge on any atom is 0.332 e. The molecule has 0 bridgehead atoms. The highest BCUT2D eigenvalue weighted by atomic mass is 16.6. The molecule has 7 heteroatoms. The molecule has 0 aromatic heterocycles. The molecule has 1 aliphatic heterocycles. The molecule has 0 spiro atoms. The summed E-state index contributed by atoms with van der Waals surface area (Å²) in [5.41, 5.74) is 1.24. The summed E-state index contributed by atoms with van der Waals surface area (Å²) in [5.74, 6) is -0.964. The minimum absolute atomic E-state index is 0.0118. The fourth-order valence-electron chi connectivity index (χ4n) is 2.29.